The first-order chi connectivity index (χ1) is 15.0. The third-order valence-corrected chi connectivity index (χ3v) is 6.70. The first-order valence-corrected chi connectivity index (χ1v) is 10.3. The minimum Gasteiger partial charge on any atom is -0.423 e. The molecule has 1 saturated heterocycles. The Balaban J connectivity index is 1.48. The number of nitrogens with zero attached hydrogens (tertiary/aromatic N) is 4. The van der Waals surface area contributed by atoms with Crippen molar-refractivity contribution in [2.24, 2.45) is 17.4 Å². The molecule has 1 saturated carbocycles. The molecule has 0 spiro atoms. The largest absolute Gasteiger partial charge is 0.423 e. The Labute approximate surface area is 178 Å². The summed E-state index contributed by atoms with van der Waals surface area (Å²) in [5, 5.41) is 3.09. The second kappa shape index (κ2) is 6.35. The van der Waals surface area contributed by atoms with Gasteiger partial charge in [0.05, 0.1) is 17.4 Å². The summed E-state index contributed by atoms with van der Waals surface area (Å²) in [5.74, 6) is 1.17. The van der Waals surface area contributed by atoms with Crippen LogP contribution in [0.25, 0.3) is 11.1 Å². The summed E-state index contributed by atoms with van der Waals surface area (Å²) in [6.45, 7) is 1.30. The predicted molar refractivity (Wildman–Crippen MR) is 115 cm³/mol. The molecule has 1 aliphatic heterocycles. The predicted octanol–water partition coefficient (Wildman–Crippen LogP) is 1.89. The molecule has 2 fully saturated rings. The van der Waals surface area contributed by atoms with Gasteiger partial charge < -0.3 is 26.4 Å². The van der Waals surface area contributed by atoms with E-state index in [1.165, 1.54) is 6.07 Å². The van der Waals surface area contributed by atoms with E-state index >= 15 is 0 Å². The molecule has 8 nitrogen and oxygen atoms in total. The highest BCUT2D eigenvalue weighted by Crippen LogP contribution is 2.51. The van der Waals surface area contributed by atoms with E-state index in [1.54, 1.807) is 37.6 Å². The van der Waals surface area contributed by atoms with Gasteiger partial charge in [0, 0.05) is 56.0 Å². The maximum Gasteiger partial charge on any atom is 0.324 e. The zero-order valence-electron chi connectivity index (χ0n) is 17.0. The summed E-state index contributed by atoms with van der Waals surface area (Å²) in [6.07, 6.45) is 3.84. The summed E-state index contributed by atoms with van der Waals surface area (Å²) in [4.78, 5) is 15.6. The van der Waals surface area contributed by atoms with Crippen LogP contribution in [0.4, 0.5) is 15.9 Å². The van der Waals surface area contributed by atoms with Crippen molar-refractivity contribution < 1.29 is 9.13 Å². The number of hydrogen-bond donors (Lipinski definition) is 3. The molecule has 2 aliphatic carbocycles. The Morgan fingerprint density at radius 3 is 2.90 bits per heavy atom. The lowest BCUT2D eigenvalue weighted by Crippen LogP contribution is -2.41. The first kappa shape index (κ1) is 18.5. The normalized spacial score (nSPS) is 25.1. The van der Waals surface area contributed by atoms with Crippen LogP contribution in [0.15, 0.2) is 36.7 Å². The fourth-order valence-electron chi connectivity index (χ4n) is 4.98. The zero-order valence-corrected chi connectivity index (χ0v) is 17.0. The fraction of sp³-hybridized carbons (Fsp3) is 0.318. The van der Waals surface area contributed by atoms with Gasteiger partial charge in [0.15, 0.2) is 0 Å². The molecule has 3 unspecified atom stereocenters. The van der Waals surface area contributed by atoms with Crippen LogP contribution in [0.1, 0.15) is 11.3 Å². The van der Waals surface area contributed by atoms with Gasteiger partial charge in [-0.2, -0.15) is 9.97 Å². The molecule has 0 radical (unpaired) electrons. The van der Waals surface area contributed by atoms with Crippen molar-refractivity contribution in [3.05, 3.63) is 53.7 Å². The third-order valence-electron chi connectivity index (χ3n) is 6.70. The van der Waals surface area contributed by atoms with Crippen molar-refractivity contribution in [1.29, 1.82) is 0 Å². The van der Waals surface area contributed by atoms with Gasteiger partial charge in [-0.05, 0) is 35.4 Å². The zero-order chi connectivity index (χ0) is 21.3. The minimum absolute atomic E-state index is 0.00498. The molecule has 1 aromatic carbocycles. The van der Waals surface area contributed by atoms with E-state index < -0.39 is 5.54 Å². The van der Waals surface area contributed by atoms with E-state index in [1.807, 2.05) is 0 Å². The summed E-state index contributed by atoms with van der Waals surface area (Å²) >= 11 is 0. The monoisotopic (exact) mass is 419 g/mol. The number of pyridine rings is 1. The second-order valence-corrected chi connectivity index (χ2v) is 8.47. The van der Waals surface area contributed by atoms with Crippen molar-refractivity contribution in [2.75, 3.05) is 30.4 Å². The van der Waals surface area contributed by atoms with E-state index in [4.69, 9.17) is 21.2 Å². The van der Waals surface area contributed by atoms with Crippen LogP contribution < -0.4 is 26.4 Å². The van der Waals surface area contributed by atoms with Gasteiger partial charge in [-0.15, -0.1) is 0 Å². The van der Waals surface area contributed by atoms with Gasteiger partial charge in [-0.3, -0.25) is 4.98 Å². The average molecular weight is 419 g/mol. The summed E-state index contributed by atoms with van der Waals surface area (Å²) in [7, 11) is 1.79. The van der Waals surface area contributed by atoms with E-state index in [-0.39, 0.29) is 23.8 Å². The number of aromatic nitrogens is 3. The van der Waals surface area contributed by atoms with Crippen LogP contribution in [0.3, 0.4) is 0 Å². The Bertz CT molecular complexity index is 1200. The number of anilines is 2. The van der Waals surface area contributed by atoms with Crippen LogP contribution in [0, 0.1) is 11.7 Å². The number of hydrogen-bond acceptors (Lipinski definition) is 8. The van der Waals surface area contributed by atoms with Gasteiger partial charge in [-0.25, -0.2) is 4.39 Å². The number of benzene rings is 1. The number of nitrogens with one attached hydrogen (secondary N) is 1. The summed E-state index contributed by atoms with van der Waals surface area (Å²) in [5.41, 5.74) is 16.4. The van der Waals surface area contributed by atoms with Gasteiger partial charge >= 0.3 is 6.01 Å². The van der Waals surface area contributed by atoms with E-state index in [0.29, 0.717) is 31.1 Å². The highest BCUT2D eigenvalue weighted by Gasteiger charge is 2.65. The highest BCUT2D eigenvalue weighted by atomic mass is 19.1. The Morgan fingerprint density at radius 1 is 1.32 bits per heavy atom. The van der Waals surface area contributed by atoms with Crippen molar-refractivity contribution in [2.45, 2.75) is 18.0 Å². The van der Waals surface area contributed by atoms with Crippen molar-refractivity contribution in [3.63, 3.8) is 0 Å². The molecule has 5 N–H and O–H groups in total. The van der Waals surface area contributed by atoms with Crippen LogP contribution in [0.5, 0.6) is 11.8 Å². The molecule has 3 aromatic rings. The standard InChI is InChI=1S/C22H22FN7O/c1-26-16-6-11(23)5-14-13(16)7-17-18(14)20(30-9-15-19(24)22(15,25)10-30)29-21(28-17)31-12-3-2-4-27-8-12/h2-6,8,15,19,26H,7,9-10,24-25H2,1H3. The quantitative estimate of drug-likeness (QED) is 0.459. The SMILES string of the molecule is CNc1cc(F)cc2c1Cc1nc(Oc3cccnc3)nc(N3CC4C(N)C4(N)C3)c1-2. The van der Waals surface area contributed by atoms with Crippen LogP contribution >= 0.6 is 0 Å². The van der Waals surface area contributed by atoms with Crippen molar-refractivity contribution in [1.82, 2.24) is 15.0 Å². The summed E-state index contributed by atoms with van der Waals surface area (Å²) in [6, 6.07) is 6.88. The number of rotatable bonds is 4. The average Bonchev–Trinajstić information content (AvgIpc) is 3.08. The minimum atomic E-state index is -0.401. The Morgan fingerprint density at radius 2 is 2.19 bits per heavy atom. The van der Waals surface area contributed by atoms with E-state index in [0.717, 1.165) is 28.1 Å². The number of nitrogens with two attached hydrogens (primary N) is 2. The van der Waals surface area contributed by atoms with Crippen molar-refractivity contribution in [3.8, 4) is 22.9 Å². The molecule has 6 rings (SSSR count). The van der Waals surface area contributed by atoms with Gasteiger partial charge in [0.2, 0.25) is 0 Å². The number of piperidine rings is 1. The molecule has 31 heavy (non-hydrogen) atoms. The van der Waals surface area contributed by atoms with E-state index in [2.05, 4.69) is 20.2 Å². The Hall–Kier alpha value is -3.30. The molecule has 2 aromatic heterocycles. The number of halogens is 1. The molecular formula is C22H22FN7O. The lowest BCUT2D eigenvalue weighted by molar-refractivity contribution is 0.438. The highest BCUT2D eigenvalue weighted by molar-refractivity contribution is 5.88. The molecule has 9 heteroatoms. The lowest BCUT2D eigenvalue weighted by atomic mass is 10.0. The van der Waals surface area contributed by atoms with Crippen molar-refractivity contribution >= 4 is 11.5 Å². The van der Waals surface area contributed by atoms with Crippen LogP contribution in [0.2, 0.25) is 0 Å². The Kier molecular flexibility index (Phi) is 3.78. The third kappa shape index (κ3) is 2.70. The smallest absolute Gasteiger partial charge is 0.324 e. The second-order valence-electron chi connectivity index (χ2n) is 8.47. The fourth-order valence-corrected chi connectivity index (χ4v) is 4.98. The van der Waals surface area contributed by atoms with Gasteiger partial charge in [0.1, 0.15) is 17.4 Å². The first-order valence-electron chi connectivity index (χ1n) is 10.3. The molecule has 3 aliphatic rings. The van der Waals surface area contributed by atoms with Crippen LogP contribution in [-0.2, 0) is 6.42 Å². The molecule has 0 bridgehead atoms. The maximum atomic E-state index is 14.4. The molecule has 0 amide bonds. The van der Waals surface area contributed by atoms with E-state index in [9.17, 15) is 4.39 Å². The summed E-state index contributed by atoms with van der Waals surface area (Å²) < 4.78 is 20.3. The lowest BCUT2D eigenvalue weighted by Gasteiger charge is -2.25. The number of fused-ring (bicyclic) bond motifs is 4. The van der Waals surface area contributed by atoms with Crippen LogP contribution in [-0.4, -0.2) is 46.7 Å². The van der Waals surface area contributed by atoms with Gasteiger partial charge in [0.25, 0.3) is 0 Å². The molecule has 3 atom stereocenters. The maximum absolute atomic E-state index is 14.4. The number of ether oxygens (including phenoxy) is 1. The van der Waals surface area contributed by atoms with Gasteiger partial charge in [-0.1, -0.05) is 0 Å². The molecular weight excluding hydrogens is 397 g/mol. The molecule has 158 valence electrons. The topological polar surface area (TPSA) is 115 Å². The molecule has 3 heterocycles.